The Kier molecular flexibility index (Phi) is 9.63. The van der Waals surface area contributed by atoms with Crippen LogP contribution in [-0.4, -0.2) is 74.7 Å². The lowest BCUT2D eigenvalue weighted by molar-refractivity contribution is 0.122. The van der Waals surface area contributed by atoms with E-state index < -0.39 is 0 Å². The summed E-state index contributed by atoms with van der Waals surface area (Å²) in [5, 5.41) is 6.92. The third-order valence-corrected chi connectivity index (χ3v) is 5.83. The summed E-state index contributed by atoms with van der Waals surface area (Å²) in [4.78, 5) is 9.79. The molecular weight excluding hydrogens is 310 g/mol. The Bertz CT molecular complexity index is 370. The smallest absolute Gasteiger partial charge is 0.191 e. The molecule has 0 aromatic carbocycles. The predicted molar refractivity (Wildman–Crippen MR) is 108 cm³/mol. The second-order valence-electron chi connectivity index (χ2n) is 7.98. The molecule has 1 unspecified atom stereocenters. The molecule has 146 valence electrons. The zero-order chi connectivity index (χ0) is 17.9. The molecule has 2 N–H and O–H groups in total. The van der Waals surface area contributed by atoms with Gasteiger partial charge in [-0.1, -0.05) is 38.5 Å². The van der Waals surface area contributed by atoms with E-state index in [1.54, 1.807) is 0 Å². The normalized spacial score (nSPS) is 22.3. The Hall–Kier alpha value is -0.810. The van der Waals surface area contributed by atoms with Crippen LogP contribution in [0.2, 0.25) is 0 Å². The summed E-state index contributed by atoms with van der Waals surface area (Å²) in [6.07, 6.45) is 9.92. The summed E-state index contributed by atoms with van der Waals surface area (Å²) in [5.41, 5.74) is 0. The van der Waals surface area contributed by atoms with Crippen LogP contribution in [0.15, 0.2) is 4.99 Å². The fourth-order valence-electron chi connectivity index (χ4n) is 4.01. The fraction of sp³-hybridized carbons (Fsp3) is 0.950. The molecule has 1 aliphatic carbocycles. The highest BCUT2D eigenvalue weighted by molar-refractivity contribution is 5.79. The minimum absolute atomic E-state index is 0.520. The first kappa shape index (κ1) is 20.5. The third-order valence-electron chi connectivity index (χ3n) is 5.83. The number of rotatable bonds is 9. The van der Waals surface area contributed by atoms with Crippen molar-refractivity contribution >= 4 is 5.96 Å². The van der Waals surface area contributed by atoms with Crippen LogP contribution in [0, 0.1) is 5.92 Å². The Balaban J connectivity index is 1.62. The van der Waals surface area contributed by atoms with Crippen molar-refractivity contribution in [1.29, 1.82) is 0 Å². The molecule has 2 aliphatic rings. The van der Waals surface area contributed by atoms with Gasteiger partial charge in [-0.15, -0.1) is 0 Å². The molecular formula is C20H41N5. The number of guanidine groups is 1. The first-order valence-electron chi connectivity index (χ1n) is 10.6. The van der Waals surface area contributed by atoms with Gasteiger partial charge in [0, 0.05) is 45.3 Å². The van der Waals surface area contributed by atoms with E-state index in [9.17, 15) is 0 Å². The number of nitrogens with zero attached hydrogens (tertiary/aromatic N) is 3. The van der Waals surface area contributed by atoms with Crippen LogP contribution in [0.1, 0.15) is 58.8 Å². The lowest BCUT2D eigenvalue weighted by Crippen LogP contribution is -2.49. The Labute approximate surface area is 155 Å². The lowest BCUT2D eigenvalue weighted by Gasteiger charge is -2.35. The second-order valence-corrected chi connectivity index (χ2v) is 7.98. The van der Waals surface area contributed by atoms with E-state index >= 15 is 0 Å². The average molecular weight is 352 g/mol. The van der Waals surface area contributed by atoms with E-state index in [0.717, 1.165) is 31.5 Å². The minimum Gasteiger partial charge on any atom is -0.357 e. The molecule has 1 saturated carbocycles. The van der Waals surface area contributed by atoms with Crippen LogP contribution in [0.3, 0.4) is 0 Å². The van der Waals surface area contributed by atoms with Crippen molar-refractivity contribution in [3.05, 3.63) is 0 Å². The summed E-state index contributed by atoms with van der Waals surface area (Å²) in [6, 6.07) is 0.520. The molecule has 1 heterocycles. The fourth-order valence-corrected chi connectivity index (χ4v) is 4.01. The zero-order valence-electron chi connectivity index (χ0n) is 16.9. The number of hydrogen-bond donors (Lipinski definition) is 2. The van der Waals surface area contributed by atoms with Crippen molar-refractivity contribution in [1.82, 2.24) is 20.4 Å². The summed E-state index contributed by atoms with van der Waals surface area (Å²) in [6.45, 7) is 12.0. The van der Waals surface area contributed by atoms with Gasteiger partial charge in [-0.25, -0.2) is 0 Å². The molecule has 2 fully saturated rings. The van der Waals surface area contributed by atoms with E-state index in [1.165, 1.54) is 71.1 Å². The molecule has 1 aliphatic heterocycles. The quantitative estimate of drug-likeness (QED) is 0.381. The number of unbranched alkanes of at least 4 members (excludes halogenated alkanes) is 1. The Morgan fingerprint density at radius 1 is 1.08 bits per heavy atom. The monoisotopic (exact) mass is 351 g/mol. The molecule has 5 heteroatoms. The van der Waals surface area contributed by atoms with Crippen molar-refractivity contribution < 1.29 is 0 Å². The number of piperazine rings is 1. The highest BCUT2D eigenvalue weighted by atomic mass is 15.3. The van der Waals surface area contributed by atoms with Gasteiger partial charge in [-0.2, -0.15) is 0 Å². The van der Waals surface area contributed by atoms with Crippen molar-refractivity contribution in [2.45, 2.75) is 64.8 Å². The van der Waals surface area contributed by atoms with E-state index in [2.05, 4.69) is 41.3 Å². The van der Waals surface area contributed by atoms with Crippen LogP contribution in [0.25, 0.3) is 0 Å². The molecule has 0 radical (unpaired) electrons. The molecule has 25 heavy (non-hydrogen) atoms. The predicted octanol–water partition coefficient (Wildman–Crippen LogP) is 2.54. The van der Waals surface area contributed by atoms with Gasteiger partial charge in [0.15, 0.2) is 5.96 Å². The summed E-state index contributed by atoms with van der Waals surface area (Å²) in [5.74, 6) is 2.01. The number of aliphatic imine (C=N–C) groups is 1. The van der Waals surface area contributed by atoms with Gasteiger partial charge >= 0.3 is 0 Å². The first-order chi connectivity index (χ1) is 12.2. The second kappa shape index (κ2) is 11.7. The van der Waals surface area contributed by atoms with Crippen molar-refractivity contribution in [2.24, 2.45) is 10.9 Å². The molecule has 1 saturated heterocycles. The Morgan fingerprint density at radius 2 is 1.80 bits per heavy atom. The van der Waals surface area contributed by atoms with Crippen LogP contribution in [0.5, 0.6) is 0 Å². The minimum atomic E-state index is 0.520. The summed E-state index contributed by atoms with van der Waals surface area (Å²) in [7, 11) is 2.21. The van der Waals surface area contributed by atoms with Gasteiger partial charge in [0.2, 0.25) is 0 Å². The first-order valence-corrected chi connectivity index (χ1v) is 10.6. The van der Waals surface area contributed by atoms with Crippen molar-refractivity contribution in [2.75, 3.05) is 52.9 Å². The van der Waals surface area contributed by atoms with E-state index in [-0.39, 0.29) is 0 Å². The maximum absolute atomic E-state index is 4.82. The maximum atomic E-state index is 4.82. The number of likely N-dealkylation sites (N-methyl/N-ethyl adjacent to an activating group) is 1. The SMILES string of the molecule is CCNC(=NCC(C)N1CCN(C)CC1)NCCCCC1CCCC1. The average Bonchev–Trinajstić information content (AvgIpc) is 3.13. The highest BCUT2D eigenvalue weighted by Crippen LogP contribution is 2.28. The van der Waals surface area contributed by atoms with Gasteiger partial charge in [0.1, 0.15) is 0 Å². The van der Waals surface area contributed by atoms with Crippen molar-refractivity contribution in [3.63, 3.8) is 0 Å². The largest absolute Gasteiger partial charge is 0.357 e. The van der Waals surface area contributed by atoms with E-state index in [0.29, 0.717) is 6.04 Å². The van der Waals surface area contributed by atoms with Crippen LogP contribution in [-0.2, 0) is 0 Å². The zero-order valence-corrected chi connectivity index (χ0v) is 16.9. The molecule has 5 nitrogen and oxygen atoms in total. The highest BCUT2D eigenvalue weighted by Gasteiger charge is 2.18. The molecule has 1 atom stereocenters. The van der Waals surface area contributed by atoms with Gasteiger partial charge in [-0.05, 0) is 33.2 Å². The number of hydrogen-bond acceptors (Lipinski definition) is 3. The maximum Gasteiger partial charge on any atom is 0.191 e. The Morgan fingerprint density at radius 3 is 2.48 bits per heavy atom. The van der Waals surface area contributed by atoms with E-state index in [1.807, 2.05) is 0 Å². The summed E-state index contributed by atoms with van der Waals surface area (Å²) >= 11 is 0. The van der Waals surface area contributed by atoms with Gasteiger partial charge in [0.25, 0.3) is 0 Å². The van der Waals surface area contributed by atoms with Crippen LogP contribution >= 0.6 is 0 Å². The van der Waals surface area contributed by atoms with Crippen LogP contribution < -0.4 is 10.6 Å². The standard InChI is InChI=1S/C20H41N5/c1-4-21-20(22-12-8-7-11-19-9-5-6-10-19)23-17-18(2)25-15-13-24(3)14-16-25/h18-19H,4-17H2,1-3H3,(H2,21,22,23). The summed E-state index contributed by atoms with van der Waals surface area (Å²) < 4.78 is 0. The van der Waals surface area contributed by atoms with E-state index in [4.69, 9.17) is 4.99 Å². The topological polar surface area (TPSA) is 42.9 Å². The molecule has 0 bridgehead atoms. The lowest BCUT2D eigenvalue weighted by atomic mass is 10.0. The third kappa shape index (κ3) is 7.95. The van der Waals surface area contributed by atoms with Gasteiger partial charge in [-0.3, -0.25) is 9.89 Å². The molecule has 2 rings (SSSR count). The molecule has 0 aromatic rings. The van der Waals surface area contributed by atoms with Gasteiger partial charge < -0.3 is 15.5 Å². The van der Waals surface area contributed by atoms with Crippen molar-refractivity contribution in [3.8, 4) is 0 Å². The molecule has 0 aromatic heterocycles. The molecule has 0 spiro atoms. The number of nitrogens with one attached hydrogen (secondary N) is 2. The van der Waals surface area contributed by atoms with Gasteiger partial charge in [0.05, 0.1) is 6.54 Å². The molecule has 0 amide bonds. The van der Waals surface area contributed by atoms with Crippen LogP contribution in [0.4, 0.5) is 0 Å².